The van der Waals surface area contributed by atoms with Crippen molar-refractivity contribution >= 4 is 5.96 Å². The zero-order valence-corrected chi connectivity index (χ0v) is 11.4. The van der Waals surface area contributed by atoms with Crippen molar-refractivity contribution in [3.8, 4) is 0 Å². The van der Waals surface area contributed by atoms with Crippen molar-refractivity contribution < 1.29 is 0 Å². The van der Waals surface area contributed by atoms with Crippen molar-refractivity contribution in [2.75, 3.05) is 13.1 Å². The molecule has 0 radical (unpaired) electrons. The summed E-state index contributed by atoms with van der Waals surface area (Å²) >= 11 is 0. The second-order valence-corrected chi connectivity index (χ2v) is 5.92. The third-order valence-electron chi connectivity index (χ3n) is 4.44. The van der Waals surface area contributed by atoms with E-state index >= 15 is 0 Å². The Morgan fingerprint density at radius 2 is 2.05 bits per heavy atom. The van der Waals surface area contributed by atoms with Crippen LogP contribution in [0.1, 0.15) is 37.2 Å². The van der Waals surface area contributed by atoms with Crippen molar-refractivity contribution in [2.24, 2.45) is 22.6 Å². The van der Waals surface area contributed by atoms with E-state index in [0.717, 1.165) is 24.9 Å². The largest absolute Gasteiger partial charge is 0.370 e. The summed E-state index contributed by atoms with van der Waals surface area (Å²) in [5.41, 5.74) is 7.36. The second-order valence-electron chi connectivity index (χ2n) is 5.92. The molecule has 2 aliphatic rings. The Morgan fingerprint density at radius 3 is 2.74 bits per heavy atom. The lowest BCUT2D eigenvalue weighted by Crippen LogP contribution is -2.34. The first kappa shape index (κ1) is 12.5. The third-order valence-corrected chi connectivity index (χ3v) is 4.44. The van der Waals surface area contributed by atoms with Gasteiger partial charge in [0.2, 0.25) is 0 Å². The van der Waals surface area contributed by atoms with E-state index in [-0.39, 0.29) is 0 Å². The van der Waals surface area contributed by atoms with Crippen LogP contribution in [0.3, 0.4) is 0 Å². The molecule has 1 aromatic rings. The molecule has 102 valence electrons. The number of hydrogen-bond acceptors (Lipinski definition) is 1. The lowest BCUT2D eigenvalue weighted by molar-refractivity contribution is 0.326. The van der Waals surface area contributed by atoms with E-state index in [0.29, 0.717) is 11.9 Å². The minimum Gasteiger partial charge on any atom is -0.370 e. The fraction of sp³-hybridized carbons (Fsp3) is 0.562. The summed E-state index contributed by atoms with van der Waals surface area (Å²) in [4.78, 5) is 4.43. The molecule has 0 saturated heterocycles. The molecule has 3 N–H and O–H groups in total. The first-order valence-corrected chi connectivity index (χ1v) is 7.41. The highest BCUT2D eigenvalue weighted by atomic mass is 15.1. The van der Waals surface area contributed by atoms with Gasteiger partial charge in [-0.15, -0.1) is 0 Å². The average molecular weight is 257 g/mol. The lowest BCUT2D eigenvalue weighted by atomic mass is 9.86. The highest BCUT2D eigenvalue weighted by Gasteiger charge is 2.37. The average Bonchev–Trinajstić information content (AvgIpc) is 3.15. The van der Waals surface area contributed by atoms with Crippen LogP contribution < -0.4 is 11.1 Å². The first-order valence-electron chi connectivity index (χ1n) is 7.41. The van der Waals surface area contributed by atoms with Gasteiger partial charge in [-0.2, -0.15) is 0 Å². The Kier molecular flexibility index (Phi) is 3.72. The minimum atomic E-state index is 0.630. The molecule has 2 saturated carbocycles. The normalized spacial score (nSPS) is 26.8. The van der Waals surface area contributed by atoms with Gasteiger partial charge in [0, 0.05) is 13.1 Å². The smallest absolute Gasteiger partial charge is 0.188 e. The Balaban J connectivity index is 1.39. The summed E-state index contributed by atoms with van der Waals surface area (Å²) in [6.07, 6.45) is 5.30. The molecular formula is C16H23N3. The van der Waals surface area contributed by atoms with Gasteiger partial charge in [-0.1, -0.05) is 36.8 Å². The fourth-order valence-corrected chi connectivity index (χ4v) is 2.78. The number of rotatable bonds is 5. The van der Waals surface area contributed by atoms with Crippen LogP contribution >= 0.6 is 0 Å². The van der Waals surface area contributed by atoms with Gasteiger partial charge >= 0.3 is 0 Å². The summed E-state index contributed by atoms with van der Waals surface area (Å²) < 4.78 is 0. The molecule has 2 unspecified atom stereocenters. The van der Waals surface area contributed by atoms with E-state index in [1.807, 2.05) is 0 Å². The SMILES string of the molecule is NC(=NCC1CCC1)NCC1CC1c1ccccc1. The predicted octanol–water partition coefficient (Wildman–Crippen LogP) is 2.49. The van der Waals surface area contributed by atoms with Crippen molar-refractivity contribution in [1.29, 1.82) is 0 Å². The first-order chi connectivity index (χ1) is 9.33. The maximum atomic E-state index is 5.90. The molecule has 0 spiro atoms. The molecule has 0 amide bonds. The van der Waals surface area contributed by atoms with E-state index < -0.39 is 0 Å². The molecule has 1 aromatic carbocycles. The number of nitrogens with zero attached hydrogens (tertiary/aromatic N) is 1. The molecule has 2 atom stereocenters. The topological polar surface area (TPSA) is 50.4 Å². The monoisotopic (exact) mass is 257 g/mol. The molecule has 0 aromatic heterocycles. The standard InChI is InChI=1S/C16H23N3/c17-16(18-10-12-5-4-6-12)19-11-14-9-15(14)13-7-2-1-3-8-13/h1-3,7-8,12,14-15H,4-6,9-11H2,(H3,17,18,19). The summed E-state index contributed by atoms with van der Waals surface area (Å²) in [5, 5.41) is 3.28. The molecule has 0 bridgehead atoms. The molecule has 19 heavy (non-hydrogen) atoms. The zero-order valence-electron chi connectivity index (χ0n) is 11.4. The number of guanidine groups is 1. The number of nitrogens with one attached hydrogen (secondary N) is 1. The molecular weight excluding hydrogens is 234 g/mol. The Bertz CT molecular complexity index is 437. The number of benzene rings is 1. The van der Waals surface area contributed by atoms with Crippen LogP contribution in [0, 0.1) is 11.8 Å². The summed E-state index contributed by atoms with van der Waals surface area (Å²) in [6, 6.07) is 10.8. The van der Waals surface area contributed by atoms with Crippen molar-refractivity contribution in [3.05, 3.63) is 35.9 Å². The quantitative estimate of drug-likeness (QED) is 0.629. The van der Waals surface area contributed by atoms with E-state index in [2.05, 4.69) is 40.6 Å². The number of hydrogen-bond donors (Lipinski definition) is 2. The zero-order chi connectivity index (χ0) is 13.1. The van der Waals surface area contributed by atoms with Gasteiger partial charge in [0.05, 0.1) is 0 Å². The molecule has 3 heteroatoms. The highest BCUT2D eigenvalue weighted by Crippen LogP contribution is 2.46. The van der Waals surface area contributed by atoms with Crippen LogP contribution in [0.15, 0.2) is 35.3 Å². The third kappa shape index (κ3) is 3.28. The predicted molar refractivity (Wildman–Crippen MR) is 79.1 cm³/mol. The van der Waals surface area contributed by atoms with Gasteiger partial charge in [0.1, 0.15) is 0 Å². The summed E-state index contributed by atoms with van der Waals surface area (Å²) in [6.45, 7) is 1.87. The van der Waals surface area contributed by atoms with E-state index in [1.165, 1.54) is 31.2 Å². The van der Waals surface area contributed by atoms with Crippen LogP contribution in [-0.2, 0) is 0 Å². The number of aliphatic imine (C=N–C) groups is 1. The van der Waals surface area contributed by atoms with E-state index in [9.17, 15) is 0 Å². The minimum absolute atomic E-state index is 0.630. The van der Waals surface area contributed by atoms with Crippen molar-refractivity contribution in [1.82, 2.24) is 5.32 Å². The fourth-order valence-electron chi connectivity index (χ4n) is 2.78. The lowest BCUT2D eigenvalue weighted by Gasteiger charge is -2.23. The van der Waals surface area contributed by atoms with Gasteiger partial charge in [-0.25, -0.2) is 0 Å². The van der Waals surface area contributed by atoms with Crippen LogP contribution in [-0.4, -0.2) is 19.0 Å². The van der Waals surface area contributed by atoms with Crippen LogP contribution in [0.4, 0.5) is 0 Å². The molecule has 0 heterocycles. The van der Waals surface area contributed by atoms with Crippen molar-refractivity contribution in [3.63, 3.8) is 0 Å². The van der Waals surface area contributed by atoms with Crippen LogP contribution in [0.2, 0.25) is 0 Å². The van der Waals surface area contributed by atoms with Crippen LogP contribution in [0.5, 0.6) is 0 Å². The van der Waals surface area contributed by atoms with Gasteiger partial charge in [-0.05, 0) is 42.6 Å². The second kappa shape index (κ2) is 5.64. The molecule has 2 fully saturated rings. The van der Waals surface area contributed by atoms with E-state index in [1.54, 1.807) is 0 Å². The summed E-state index contributed by atoms with van der Waals surface area (Å²) in [7, 11) is 0. The maximum Gasteiger partial charge on any atom is 0.188 e. The van der Waals surface area contributed by atoms with Gasteiger partial charge in [-0.3, -0.25) is 4.99 Å². The maximum absolute atomic E-state index is 5.90. The highest BCUT2D eigenvalue weighted by molar-refractivity contribution is 5.77. The molecule has 0 aliphatic heterocycles. The van der Waals surface area contributed by atoms with E-state index in [4.69, 9.17) is 5.73 Å². The Hall–Kier alpha value is -1.51. The van der Waals surface area contributed by atoms with Crippen molar-refractivity contribution in [2.45, 2.75) is 31.6 Å². The Morgan fingerprint density at radius 1 is 1.26 bits per heavy atom. The molecule has 3 rings (SSSR count). The Labute approximate surface area is 115 Å². The van der Waals surface area contributed by atoms with Gasteiger partial charge in [0.25, 0.3) is 0 Å². The van der Waals surface area contributed by atoms with Gasteiger partial charge in [0.15, 0.2) is 5.96 Å². The molecule has 2 aliphatic carbocycles. The van der Waals surface area contributed by atoms with Crippen LogP contribution in [0.25, 0.3) is 0 Å². The van der Waals surface area contributed by atoms with Gasteiger partial charge < -0.3 is 11.1 Å². The molecule has 3 nitrogen and oxygen atoms in total. The number of nitrogens with two attached hydrogens (primary N) is 1. The summed E-state index contributed by atoms with van der Waals surface area (Å²) in [5.74, 6) is 2.86.